The smallest absolute Gasteiger partial charge is 0.0361 e. The number of alkyl halides is 1. The molecular formula is C26H21I. The van der Waals surface area contributed by atoms with Crippen LogP contribution in [0.25, 0.3) is 21.9 Å². The Morgan fingerprint density at radius 1 is 0.741 bits per heavy atom. The van der Waals surface area contributed by atoms with E-state index in [2.05, 4.69) is 114 Å². The fourth-order valence-electron chi connectivity index (χ4n) is 4.61. The summed E-state index contributed by atoms with van der Waals surface area (Å²) in [5.74, 6) is 0.842. The van der Waals surface area contributed by atoms with Gasteiger partial charge in [0.2, 0.25) is 0 Å². The zero-order chi connectivity index (χ0) is 18.4. The quantitative estimate of drug-likeness (QED) is 0.193. The van der Waals surface area contributed by atoms with Crippen LogP contribution in [0.1, 0.15) is 41.0 Å². The highest BCUT2D eigenvalue weighted by Crippen LogP contribution is 2.50. The molecule has 1 heteroatoms. The molecule has 0 spiro atoms. The molecular weight excluding hydrogens is 439 g/mol. The first kappa shape index (κ1) is 17.0. The van der Waals surface area contributed by atoms with Crippen molar-refractivity contribution < 1.29 is 0 Å². The molecule has 0 radical (unpaired) electrons. The molecule has 0 saturated carbocycles. The molecule has 0 bridgehead atoms. The number of hydrogen-bond donors (Lipinski definition) is 0. The molecule has 27 heavy (non-hydrogen) atoms. The fourth-order valence-corrected chi connectivity index (χ4v) is 5.09. The topological polar surface area (TPSA) is 0 Å². The molecule has 0 fully saturated rings. The van der Waals surface area contributed by atoms with E-state index in [9.17, 15) is 0 Å². The van der Waals surface area contributed by atoms with Gasteiger partial charge < -0.3 is 0 Å². The first-order chi connectivity index (χ1) is 13.3. The first-order valence-electron chi connectivity index (χ1n) is 9.55. The highest BCUT2D eigenvalue weighted by atomic mass is 127. The molecule has 4 aromatic carbocycles. The van der Waals surface area contributed by atoms with Gasteiger partial charge in [-0.2, -0.15) is 0 Å². The lowest BCUT2D eigenvalue weighted by Gasteiger charge is -2.24. The minimum atomic E-state index is 0.309. The molecule has 0 amide bonds. The summed E-state index contributed by atoms with van der Waals surface area (Å²) in [6, 6.07) is 31.4. The molecule has 132 valence electrons. The van der Waals surface area contributed by atoms with Gasteiger partial charge in [-0.25, -0.2) is 0 Å². The summed E-state index contributed by atoms with van der Waals surface area (Å²) in [7, 11) is 0. The Labute approximate surface area is 174 Å². The Hall–Kier alpha value is -2.13. The van der Waals surface area contributed by atoms with Gasteiger partial charge in [-0.3, -0.25) is 0 Å². The molecule has 0 nitrogen and oxygen atoms in total. The van der Waals surface area contributed by atoms with Crippen molar-refractivity contribution in [3.05, 3.63) is 107 Å². The van der Waals surface area contributed by atoms with E-state index in [0.717, 1.165) is 4.43 Å². The number of hydrogen-bond acceptors (Lipinski definition) is 0. The Balaban J connectivity index is 1.89. The lowest BCUT2D eigenvalue weighted by molar-refractivity contribution is 0.859. The molecule has 0 aliphatic heterocycles. The molecule has 1 atom stereocenters. The largest absolute Gasteiger partial charge is 0.0857 e. The number of halogens is 1. The van der Waals surface area contributed by atoms with E-state index in [4.69, 9.17) is 0 Å². The van der Waals surface area contributed by atoms with Crippen molar-refractivity contribution >= 4 is 33.4 Å². The molecule has 1 unspecified atom stereocenters. The second-order valence-corrected chi connectivity index (χ2v) is 8.33. The van der Waals surface area contributed by atoms with Crippen LogP contribution in [0, 0.1) is 0 Å². The SMILES string of the molecule is CC(CI)c1ccc2ccccc2c1C1c2ccccc2-c2ccccc21. The Bertz CT molecular complexity index is 1100. The van der Waals surface area contributed by atoms with Crippen LogP contribution < -0.4 is 0 Å². The van der Waals surface area contributed by atoms with Gasteiger partial charge in [0.15, 0.2) is 0 Å². The number of fused-ring (bicyclic) bond motifs is 4. The predicted molar refractivity (Wildman–Crippen MR) is 124 cm³/mol. The third-order valence-electron chi connectivity index (χ3n) is 5.89. The highest BCUT2D eigenvalue weighted by Gasteiger charge is 2.32. The van der Waals surface area contributed by atoms with Crippen molar-refractivity contribution in [3.63, 3.8) is 0 Å². The zero-order valence-corrected chi connectivity index (χ0v) is 17.5. The van der Waals surface area contributed by atoms with Crippen LogP contribution in [0.15, 0.2) is 84.9 Å². The maximum atomic E-state index is 2.52. The van der Waals surface area contributed by atoms with Gasteiger partial charge in [0.05, 0.1) is 0 Å². The van der Waals surface area contributed by atoms with Gasteiger partial charge in [-0.15, -0.1) is 0 Å². The molecule has 0 heterocycles. The number of benzene rings is 4. The van der Waals surface area contributed by atoms with Crippen molar-refractivity contribution in [3.8, 4) is 11.1 Å². The molecule has 1 aliphatic carbocycles. The van der Waals surface area contributed by atoms with Gasteiger partial charge in [0.25, 0.3) is 0 Å². The summed E-state index contributed by atoms with van der Waals surface area (Å²) in [6.45, 7) is 2.35. The second kappa shape index (κ2) is 6.79. The van der Waals surface area contributed by atoms with E-state index in [1.54, 1.807) is 0 Å². The minimum absolute atomic E-state index is 0.309. The fraction of sp³-hybridized carbons (Fsp3) is 0.154. The minimum Gasteiger partial charge on any atom is -0.0857 e. The second-order valence-electron chi connectivity index (χ2n) is 7.45. The molecule has 4 aromatic rings. The number of rotatable bonds is 3. The monoisotopic (exact) mass is 460 g/mol. The van der Waals surface area contributed by atoms with Crippen molar-refractivity contribution in [2.45, 2.75) is 18.8 Å². The van der Waals surface area contributed by atoms with E-state index in [0.29, 0.717) is 11.8 Å². The molecule has 5 rings (SSSR count). The highest BCUT2D eigenvalue weighted by molar-refractivity contribution is 14.1. The van der Waals surface area contributed by atoms with E-state index in [1.807, 2.05) is 0 Å². The normalized spacial score (nSPS) is 14.1. The Kier molecular flexibility index (Phi) is 4.28. The van der Waals surface area contributed by atoms with Crippen LogP contribution in [-0.4, -0.2) is 4.43 Å². The molecule has 0 N–H and O–H groups in total. The van der Waals surface area contributed by atoms with Gasteiger partial charge in [-0.1, -0.05) is 114 Å². The van der Waals surface area contributed by atoms with Gasteiger partial charge in [0, 0.05) is 10.3 Å². The summed E-state index contributed by atoms with van der Waals surface area (Å²) in [4.78, 5) is 0. The first-order valence-corrected chi connectivity index (χ1v) is 11.1. The van der Waals surface area contributed by atoms with Gasteiger partial charge >= 0.3 is 0 Å². The summed E-state index contributed by atoms with van der Waals surface area (Å²) >= 11 is 2.52. The van der Waals surface area contributed by atoms with Crippen molar-refractivity contribution in [1.82, 2.24) is 0 Å². The maximum Gasteiger partial charge on any atom is 0.0361 e. The average Bonchev–Trinajstić information content (AvgIpc) is 3.06. The Morgan fingerprint density at radius 3 is 2.00 bits per heavy atom. The van der Waals surface area contributed by atoms with Gasteiger partial charge in [0.1, 0.15) is 0 Å². The van der Waals surface area contributed by atoms with Crippen LogP contribution in [0.3, 0.4) is 0 Å². The van der Waals surface area contributed by atoms with Crippen LogP contribution in [-0.2, 0) is 0 Å². The third-order valence-corrected chi connectivity index (χ3v) is 7.21. The van der Waals surface area contributed by atoms with Crippen molar-refractivity contribution in [1.29, 1.82) is 0 Å². The summed E-state index contributed by atoms with van der Waals surface area (Å²) in [5.41, 5.74) is 8.64. The van der Waals surface area contributed by atoms with Crippen molar-refractivity contribution in [2.24, 2.45) is 0 Å². The maximum absolute atomic E-state index is 2.52. The molecule has 0 saturated heterocycles. The van der Waals surface area contributed by atoms with Crippen LogP contribution >= 0.6 is 22.6 Å². The standard InChI is InChI=1S/C26H21I/c1-17(16-27)19-15-14-18-8-2-3-9-20(18)25(19)26-23-12-6-4-10-21(23)22-11-5-7-13-24(22)26/h2-15,17,26H,16H2,1H3. The lowest BCUT2D eigenvalue weighted by Crippen LogP contribution is -2.08. The zero-order valence-electron chi connectivity index (χ0n) is 15.3. The molecule has 1 aliphatic rings. The van der Waals surface area contributed by atoms with E-state index in [-0.39, 0.29) is 0 Å². The predicted octanol–water partition coefficient (Wildman–Crippen LogP) is 7.54. The van der Waals surface area contributed by atoms with Crippen LogP contribution in [0.2, 0.25) is 0 Å². The van der Waals surface area contributed by atoms with Crippen LogP contribution in [0.5, 0.6) is 0 Å². The van der Waals surface area contributed by atoms with E-state index < -0.39 is 0 Å². The summed E-state index contributed by atoms with van der Waals surface area (Å²) < 4.78 is 1.12. The van der Waals surface area contributed by atoms with Gasteiger partial charge in [-0.05, 0) is 50.1 Å². The van der Waals surface area contributed by atoms with Crippen LogP contribution in [0.4, 0.5) is 0 Å². The van der Waals surface area contributed by atoms with Crippen molar-refractivity contribution in [2.75, 3.05) is 4.43 Å². The lowest BCUT2D eigenvalue weighted by atomic mass is 9.80. The third kappa shape index (κ3) is 2.63. The summed E-state index contributed by atoms with van der Waals surface area (Å²) in [6.07, 6.45) is 0. The van der Waals surface area contributed by atoms with E-state index >= 15 is 0 Å². The average molecular weight is 460 g/mol. The molecule has 0 aromatic heterocycles. The van der Waals surface area contributed by atoms with E-state index in [1.165, 1.54) is 44.2 Å². The Morgan fingerprint density at radius 2 is 1.33 bits per heavy atom. The summed E-state index contributed by atoms with van der Waals surface area (Å²) in [5, 5.41) is 2.72.